The van der Waals surface area contributed by atoms with Crippen LogP contribution in [0.4, 0.5) is 33.7 Å². The van der Waals surface area contributed by atoms with E-state index >= 15 is 0 Å². The molecule has 3 amide bonds. The third kappa shape index (κ3) is 5.75. The lowest BCUT2D eigenvalue weighted by molar-refractivity contribution is -0.385. The van der Waals surface area contributed by atoms with Gasteiger partial charge in [0.05, 0.1) is 15.5 Å². The van der Waals surface area contributed by atoms with Crippen LogP contribution in [0.15, 0.2) is 54.7 Å². The van der Waals surface area contributed by atoms with Gasteiger partial charge in [-0.15, -0.1) is 0 Å². The molecule has 3 aromatic rings. The second kappa shape index (κ2) is 9.70. The maximum atomic E-state index is 13.9. The smallest absolute Gasteiger partial charge is 0.417 e. The Kier molecular flexibility index (Phi) is 6.96. The van der Waals surface area contributed by atoms with E-state index in [1.54, 1.807) is 0 Å². The Hall–Kier alpha value is -4.26. The number of aromatic nitrogens is 1. The van der Waals surface area contributed by atoms with Crippen molar-refractivity contribution in [3.63, 3.8) is 0 Å². The number of benzene rings is 2. The number of hydrogen-bond acceptors (Lipinski definition) is 6. The molecule has 0 unspecified atom stereocenters. The lowest BCUT2D eigenvalue weighted by Gasteiger charge is -2.12. The van der Waals surface area contributed by atoms with Crippen molar-refractivity contribution in [1.82, 2.24) is 10.3 Å². The highest BCUT2D eigenvalue weighted by atomic mass is 35.5. The number of nitrogens with zero attached hydrogens (tertiary/aromatic N) is 2. The Bertz CT molecular complexity index is 1290. The molecule has 0 aliphatic heterocycles. The average Bonchev–Trinajstić information content (AvgIpc) is 2.75. The molecular weight excluding hydrogens is 488 g/mol. The molecule has 3 rings (SSSR count). The molecule has 2 aromatic carbocycles. The molecule has 0 atom stereocenters. The van der Waals surface area contributed by atoms with Gasteiger partial charge in [0.2, 0.25) is 0 Å². The second-order valence-electron chi connectivity index (χ2n) is 6.44. The first kappa shape index (κ1) is 24.4. The summed E-state index contributed by atoms with van der Waals surface area (Å²) in [5, 5.41) is 15.0. The van der Waals surface area contributed by atoms with E-state index in [4.69, 9.17) is 16.3 Å². The predicted octanol–water partition coefficient (Wildman–Crippen LogP) is 5.56. The van der Waals surface area contributed by atoms with Gasteiger partial charge in [-0.3, -0.25) is 20.2 Å². The minimum Gasteiger partial charge on any atom is -0.435 e. The molecule has 1 aromatic heterocycles. The van der Waals surface area contributed by atoms with Gasteiger partial charge in [-0.2, -0.15) is 13.2 Å². The number of amides is 3. The van der Waals surface area contributed by atoms with Crippen LogP contribution >= 0.6 is 11.6 Å². The fourth-order valence-electron chi connectivity index (χ4n) is 2.58. The standard InChI is InChI=1S/C20H11ClF4N4O5/c21-13-8-11(27-19(31)28-17(30)12-3-1-2-4-15(12)29(32)33)5-6-16(13)34-18-14(22)7-10(9-26-18)20(23,24)25/h1-9H,(H2,27,28,30,31). The normalized spacial score (nSPS) is 11.0. The molecule has 34 heavy (non-hydrogen) atoms. The molecule has 176 valence electrons. The number of urea groups is 1. The van der Waals surface area contributed by atoms with E-state index in [-0.39, 0.29) is 28.1 Å². The van der Waals surface area contributed by atoms with Crippen LogP contribution in [-0.2, 0) is 6.18 Å². The van der Waals surface area contributed by atoms with Gasteiger partial charge in [-0.1, -0.05) is 23.7 Å². The third-order valence-electron chi connectivity index (χ3n) is 4.10. The summed E-state index contributed by atoms with van der Waals surface area (Å²) in [6.45, 7) is 0. The zero-order valence-corrected chi connectivity index (χ0v) is 17.3. The van der Waals surface area contributed by atoms with Crippen LogP contribution in [0.3, 0.4) is 0 Å². The van der Waals surface area contributed by atoms with Gasteiger partial charge in [0, 0.05) is 18.0 Å². The number of rotatable bonds is 5. The van der Waals surface area contributed by atoms with Crippen molar-refractivity contribution in [2.45, 2.75) is 6.18 Å². The highest BCUT2D eigenvalue weighted by Gasteiger charge is 2.32. The number of nitrogens with one attached hydrogen (secondary N) is 2. The van der Waals surface area contributed by atoms with Crippen LogP contribution in [0.2, 0.25) is 5.02 Å². The number of imide groups is 1. The summed E-state index contributed by atoms with van der Waals surface area (Å²) >= 11 is 6.01. The molecule has 14 heteroatoms. The van der Waals surface area contributed by atoms with E-state index in [1.807, 2.05) is 5.32 Å². The number of pyridine rings is 1. The Balaban J connectivity index is 1.68. The van der Waals surface area contributed by atoms with Crippen molar-refractivity contribution in [3.8, 4) is 11.6 Å². The van der Waals surface area contributed by atoms with Crippen LogP contribution in [-0.4, -0.2) is 21.8 Å². The highest BCUT2D eigenvalue weighted by molar-refractivity contribution is 6.32. The van der Waals surface area contributed by atoms with E-state index in [2.05, 4.69) is 10.3 Å². The van der Waals surface area contributed by atoms with E-state index in [0.717, 1.165) is 18.2 Å². The Morgan fingerprint density at radius 3 is 2.44 bits per heavy atom. The fraction of sp³-hybridized carbons (Fsp3) is 0.0500. The maximum absolute atomic E-state index is 13.9. The third-order valence-corrected chi connectivity index (χ3v) is 4.40. The Labute approximate surface area is 192 Å². The summed E-state index contributed by atoms with van der Waals surface area (Å²) in [4.78, 5) is 37.8. The van der Waals surface area contributed by atoms with Gasteiger partial charge in [0.15, 0.2) is 5.82 Å². The van der Waals surface area contributed by atoms with Gasteiger partial charge >= 0.3 is 12.2 Å². The number of anilines is 1. The van der Waals surface area contributed by atoms with Crippen LogP contribution in [0.25, 0.3) is 0 Å². The number of carbonyl (C=O) groups excluding carboxylic acids is 2. The zero-order valence-electron chi connectivity index (χ0n) is 16.5. The number of carbonyl (C=O) groups is 2. The number of para-hydroxylation sites is 1. The SMILES string of the molecule is O=C(NC(=O)c1ccccc1[N+](=O)[O-])Nc1ccc(Oc2ncc(C(F)(F)F)cc2F)c(Cl)c1. The summed E-state index contributed by atoms with van der Waals surface area (Å²) in [6.07, 6.45) is -4.40. The summed E-state index contributed by atoms with van der Waals surface area (Å²) in [7, 11) is 0. The average molecular weight is 499 g/mol. The molecule has 0 fully saturated rings. The highest BCUT2D eigenvalue weighted by Crippen LogP contribution is 2.34. The first-order valence-electron chi connectivity index (χ1n) is 9.01. The molecule has 1 heterocycles. The molecule has 2 N–H and O–H groups in total. The predicted molar refractivity (Wildman–Crippen MR) is 110 cm³/mol. The first-order valence-corrected chi connectivity index (χ1v) is 9.39. The number of hydrogen-bond donors (Lipinski definition) is 2. The largest absolute Gasteiger partial charge is 0.435 e. The van der Waals surface area contributed by atoms with Gasteiger partial charge in [0.25, 0.3) is 17.5 Å². The lowest BCUT2D eigenvalue weighted by Crippen LogP contribution is -2.34. The number of ether oxygens (including phenoxy) is 1. The summed E-state index contributed by atoms with van der Waals surface area (Å²) in [5.74, 6) is -3.35. The number of nitro benzene ring substituents is 1. The Morgan fingerprint density at radius 2 is 1.82 bits per heavy atom. The van der Waals surface area contributed by atoms with E-state index in [1.165, 1.54) is 24.3 Å². The number of alkyl halides is 3. The van der Waals surface area contributed by atoms with E-state index in [0.29, 0.717) is 6.20 Å². The number of nitro groups is 1. The van der Waals surface area contributed by atoms with E-state index < -0.39 is 46.0 Å². The molecule has 0 aliphatic carbocycles. The van der Waals surface area contributed by atoms with Crippen molar-refractivity contribution in [1.29, 1.82) is 0 Å². The molecule has 0 saturated heterocycles. The summed E-state index contributed by atoms with van der Waals surface area (Å²) in [5.41, 5.74) is -2.09. The van der Waals surface area contributed by atoms with Gasteiger partial charge in [-0.25, -0.2) is 14.2 Å². The molecule has 9 nitrogen and oxygen atoms in total. The lowest BCUT2D eigenvalue weighted by atomic mass is 10.1. The topological polar surface area (TPSA) is 123 Å². The van der Waals surface area contributed by atoms with E-state index in [9.17, 15) is 37.3 Å². The van der Waals surface area contributed by atoms with Gasteiger partial charge in [0.1, 0.15) is 11.3 Å². The molecule has 0 radical (unpaired) electrons. The second-order valence-corrected chi connectivity index (χ2v) is 6.85. The van der Waals surface area contributed by atoms with Crippen molar-refractivity contribution < 1.29 is 36.8 Å². The molecule has 0 aliphatic rings. The molecular formula is C20H11ClF4N4O5. The van der Waals surface area contributed by atoms with Crippen LogP contribution in [0.5, 0.6) is 11.6 Å². The van der Waals surface area contributed by atoms with Crippen molar-refractivity contribution >= 4 is 34.9 Å². The molecule has 0 saturated carbocycles. The minimum atomic E-state index is -4.79. The van der Waals surface area contributed by atoms with Crippen LogP contribution in [0, 0.1) is 15.9 Å². The number of halogens is 5. The van der Waals surface area contributed by atoms with Crippen LogP contribution in [0.1, 0.15) is 15.9 Å². The molecule has 0 spiro atoms. The fourth-order valence-corrected chi connectivity index (χ4v) is 2.80. The minimum absolute atomic E-state index is 0.0473. The summed E-state index contributed by atoms with van der Waals surface area (Å²) < 4.78 is 56.8. The van der Waals surface area contributed by atoms with Gasteiger partial charge < -0.3 is 10.1 Å². The quantitative estimate of drug-likeness (QED) is 0.270. The van der Waals surface area contributed by atoms with Crippen molar-refractivity contribution in [3.05, 3.63) is 86.8 Å². The molecule has 0 bridgehead atoms. The zero-order chi connectivity index (χ0) is 25.0. The Morgan fingerprint density at radius 1 is 1.12 bits per heavy atom. The van der Waals surface area contributed by atoms with Crippen LogP contribution < -0.4 is 15.4 Å². The first-order chi connectivity index (χ1) is 16.0. The van der Waals surface area contributed by atoms with Crippen molar-refractivity contribution in [2.24, 2.45) is 0 Å². The monoisotopic (exact) mass is 498 g/mol. The van der Waals surface area contributed by atoms with Gasteiger partial charge in [-0.05, 0) is 30.3 Å². The van der Waals surface area contributed by atoms with Crippen molar-refractivity contribution in [2.75, 3.05) is 5.32 Å². The summed E-state index contributed by atoms with van der Waals surface area (Å²) in [6, 6.07) is 7.72. The maximum Gasteiger partial charge on any atom is 0.417 e.